The predicted molar refractivity (Wildman–Crippen MR) is 119 cm³/mol. The maximum absolute atomic E-state index is 14.6. The van der Waals surface area contributed by atoms with Gasteiger partial charge in [-0.1, -0.05) is 54.6 Å². The van der Waals surface area contributed by atoms with E-state index in [2.05, 4.69) is 65.9 Å². The van der Waals surface area contributed by atoms with Crippen LogP contribution in [0.25, 0.3) is 0 Å². The van der Waals surface area contributed by atoms with Crippen molar-refractivity contribution in [2.75, 3.05) is 30.6 Å². The Bertz CT molecular complexity index is 920. The number of nitrogens with zero attached hydrogens (tertiary/aromatic N) is 2. The number of nitrogens with one attached hydrogen (secondary N) is 1. The lowest BCUT2D eigenvalue weighted by atomic mass is 10.0. The molecule has 1 heterocycles. The van der Waals surface area contributed by atoms with Crippen LogP contribution in [0.2, 0.25) is 0 Å². The van der Waals surface area contributed by atoms with Gasteiger partial charge in [-0.25, -0.2) is 4.39 Å². The fourth-order valence-electron chi connectivity index (χ4n) is 3.97. The largest absolute Gasteiger partial charge is 0.306 e. The molecule has 3 aromatic rings. The minimum absolute atomic E-state index is 0.195. The van der Waals surface area contributed by atoms with Gasteiger partial charge in [-0.15, -0.1) is 0 Å². The van der Waals surface area contributed by atoms with Crippen molar-refractivity contribution in [2.24, 2.45) is 0 Å². The van der Waals surface area contributed by atoms with Crippen LogP contribution in [-0.4, -0.2) is 31.1 Å². The molecule has 0 radical (unpaired) electrons. The molecule has 0 unspecified atom stereocenters. The highest BCUT2D eigenvalue weighted by atomic mass is 19.1. The van der Waals surface area contributed by atoms with Gasteiger partial charge >= 0.3 is 0 Å². The minimum Gasteiger partial charge on any atom is -0.306 e. The normalized spacial score (nSPS) is 15.2. The van der Waals surface area contributed by atoms with Gasteiger partial charge in [0.2, 0.25) is 0 Å². The second-order valence-electron chi connectivity index (χ2n) is 7.83. The van der Waals surface area contributed by atoms with E-state index in [0.29, 0.717) is 5.69 Å². The summed E-state index contributed by atoms with van der Waals surface area (Å²) in [6.45, 7) is 2.04. The molecule has 0 aromatic heterocycles. The van der Waals surface area contributed by atoms with Gasteiger partial charge in [0.15, 0.2) is 0 Å². The van der Waals surface area contributed by atoms with Crippen molar-refractivity contribution >= 4 is 11.4 Å². The van der Waals surface area contributed by atoms with Gasteiger partial charge in [-0.3, -0.25) is 10.4 Å². The molecule has 0 spiro atoms. The summed E-state index contributed by atoms with van der Waals surface area (Å²) in [7, 11) is 2.14. The summed E-state index contributed by atoms with van der Waals surface area (Å²) in [6.07, 6.45) is 2.88. The van der Waals surface area contributed by atoms with Crippen LogP contribution in [0.5, 0.6) is 0 Å². The quantitative estimate of drug-likeness (QED) is 0.574. The Morgan fingerprint density at radius 2 is 1.59 bits per heavy atom. The first-order valence-electron chi connectivity index (χ1n) is 10.3. The molecule has 4 rings (SSSR count). The molecule has 0 aliphatic carbocycles. The second-order valence-corrected chi connectivity index (χ2v) is 7.83. The number of halogens is 1. The smallest absolute Gasteiger partial charge is 0.148 e. The van der Waals surface area contributed by atoms with Gasteiger partial charge in [0.05, 0.1) is 17.4 Å². The standard InChI is InChI=1S/C25H28FN3/c1-28-16-14-23(15-17-28)29(25-13-6-5-12-24(25)26)27-22-11-7-10-21(19-22)18-20-8-3-2-4-9-20/h2-13,19,23,27H,14-18H2,1H3. The van der Waals surface area contributed by atoms with Crippen LogP contribution < -0.4 is 10.4 Å². The predicted octanol–water partition coefficient (Wildman–Crippen LogP) is 5.34. The van der Waals surface area contributed by atoms with Gasteiger partial charge < -0.3 is 4.90 Å². The SMILES string of the molecule is CN1CCC(N(Nc2cccc(Cc3ccccc3)c2)c2ccccc2F)CC1. The molecule has 1 fully saturated rings. The van der Waals surface area contributed by atoms with Crippen LogP contribution in [0.3, 0.4) is 0 Å². The van der Waals surface area contributed by atoms with Crippen molar-refractivity contribution in [3.8, 4) is 0 Å². The molecule has 1 aliphatic heterocycles. The van der Waals surface area contributed by atoms with E-state index in [4.69, 9.17) is 0 Å². The zero-order valence-electron chi connectivity index (χ0n) is 16.9. The second kappa shape index (κ2) is 9.10. The van der Waals surface area contributed by atoms with Gasteiger partial charge in [0.25, 0.3) is 0 Å². The summed E-state index contributed by atoms with van der Waals surface area (Å²) >= 11 is 0. The Balaban J connectivity index is 1.57. The van der Waals surface area contributed by atoms with E-state index in [0.717, 1.165) is 38.0 Å². The molecule has 0 atom stereocenters. The Morgan fingerprint density at radius 1 is 0.897 bits per heavy atom. The lowest BCUT2D eigenvalue weighted by molar-refractivity contribution is 0.252. The molecule has 1 saturated heterocycles. The van der Waals surface area contributed by atoms with Crippen LogP contribution in [0.4, 0.5) is 15.8 Å². The molecule has 150 valence electrons. The highest BCUT2D eigenvalue weighted by molar-refractivity contribution is 5.57. The number of hydrogen-bond donors (Lipinski definition) is 1. The lowest BCUT2D eigenvalue weighted by Gasteiger charge is -2.39. The van der Waals surface area contributed by atoms with Gasteiger partial charge in [0, 0.05) is 0 Å². The molecule has 4 heteroatoms. The number of rotatable bonds is 6. The fraction of sp³-hybridized carbons (Fsp3) is 0.280. The summed E-state index contributed by atoms with van der Waals surface area (Å²) < 4.78 is 14.6. The van der Waals surface area contributed by atoms with E-state index in [-0.39, 0.29) is 11.9 Å². The van der Waals surface area contributed by atoms with Crippen LogP contribution in [-0.2, 0) is 6.42 Å². The molecule has 0 amide bonds. The minimum atomic E-state index is -0.195. The van der Waals surface area contributed by atoms with Crippen molar-refractivity contribution in [1.29, 1.82) is 0 Å². The summed E-state index contributed by atoms with van der Waals surface area (Å²) in [5.74, 6) is -0.195. The third kappa shape index (κ3) is 4.96. The van der Waals surface area contributed by atoms with E-state index in [1.807, 2.05) is 23.2 Å². The number of piperidine rings is 1. The third-order valence-electron chi connectivity index (χ3n) is 5.59. The zero-order valence-corrected chi connectivity index (χ0v) is 16.9. The Hall–Kier alpha value is -2.85. The van der Waals surface area contributed by atoms with Crippen molar-refractivity contribution < 1.29 is 4.39 Å². The molecule has 1 N–H and O–H groups in total. The van der Waals surface area contributed by atoms with Crippen molar-refractivity contribution in [3.05, 3.63) is 95.8 Å². The molecule has 0 saturated carbocycles. The third-order valence-corrected chi connectivity index (χ3v) is 5.59. The van der Waals surface area contributed by atoms with Gasteiger partial charge in [0.1, 0.15) is 5.82 Å². The number of hydrazine groups is 1. The monoisotopic (exact) mass is 389 g/mol. The number of hydrogen-bond acceptors (Lipinski definition) is 3. The van der Waals surface area contributed by atoms with Gasteiger partial charge in [-0.2, -0.15) is 0 Å². The highest BCUT2D eigenvalue weighted by Gasteiger charge is 2.25. The fourth-order valence-corrected chi connectivity index (χ4v) is 3.97. The van der Waals surface area contributed by atoms with E-state index < -0.39 is 0 Å². The molecule has 3 nitrogen and oxygen atoms in total. The number of para-hydroxylation sites is 1. The first-order valence-corrected chi connectivity index (χ1v) is 10.3. The number of likely N-dealkylation sites (tertiary alicyclic amines) is 1. The average molecular weight is 390 g/mol. The first kappa shape index (κ1) is 19.5. The van der Waals surface area contributed by atoms with Crippen LogP contribution in [0.15, 0.2) is 78.9 Å². The molecular formula is C25H28FN3. The number of benzene rings is 3. The lowest BCUT2D eigenvalue weighted by Crippen LogP contribution is -2.47. The summed E-state index contributed by atoms with van der Waals surface area (Å²) in [4.78, 5) is 2.33. The topological polar surface area (TPSA) is 18.5 Å². The Labute approximate surface area is 172 Å². The molecular weight excluding hydrogens is 361 g/mol. The molecule has 0 bridgehead atoms. The summed E-state index contributed by atoms with van der Waals surface area (Å²) in [5, 5.41) is 2.03. The highest BCUT2D eigenvalue weighted by Crippen LogP contribution is 2.27. The average Bonchev–Trinajstić information content (AvgIpc) is 2.74. The maximum Gasteiger partial charge on any atom is 0.148 e. The Kier molecular flexibility index (Phi) is 6.11. The van der Waals surface area contributed by atoms with E-state index in [1.165, 1.54) is 17.2 Å². The van der Waals surface area contributed by atoms with E-state index in [1.54, 1.807) is 6.07 Å². The first-order chi connectivity index (χ1) is 14.2. The van der Waals surface area contributed by atoms with Gasteiger partial charge in [-0.05, 0) is 74.8 Å². The van der Waals surface area contributed by atoms with Crippen molar-refractivity contribution in [2.45, 2.75) is 25.3 Å². The molecule has 3 aromatic carbocycles. The number of anilines is 2. The van der Waals surface area contributed by atoms with Crippen LogP contribution in [0, 0.1) is 5.82 Å². The maximum atomic E-state index is 14.6. The summed E-state index contributed by atoms with van der Waals surface area (Å²) in [5.41, 5.74) is 7.63. The van der Waals surface area contributed by atoms with Crippen LogP contribution >= 0.6 is 0 Å². The van der Waals surface area contributed by atoms with Crippen LogP contribution in [0.1, 0.15) is 24.0 Å². The van der Waals surface area contributed by atoms with E-state index in [9.17, 15) is 4.39 Å². The summed E-state index contributed by atoms with van der Waals surface area (Å²) in [6, 6.07) is 26.2. The van der Waals surface area contributed by atoms with E-state index >= 15 is 0 Å². The zero-order chi connectivity index (χ0) is 20.1. The molecule has 29 heavy (non-hydrogen) atoms. The molecule has 1 aliphatic rings. The Morgan fingerprint density at radius 3 is 2.34 bits per heavy atom. The van der Waals surface area contributed by atoms with Crippen molar-refractivity contribution in [1.82, 2.24) is 4.90 Å². The van der Waals surface area contributed by atoms with Crippen molar-refractivity contribution in [3.63, 3.8) is 0 Å².